The minimum atomic E-state index is -0.369. The zero-order valence-corrected chi connectivity index (χ0v) is 12.1. The van der Waals surface area contributed by atoms with Crippen molar-refractivity contribution in [3.63, 3.8) is 0 Å². The van der Waals surface area contributed by atoms with Crippen LogP contribution < -0.4 is 10.1 Å². The molecule has 0 fully saturated rings. The van der Waals surface area contributed by atoms with Crippen LogP contribution in [0.15, 0.2) is 42.7 Å². The summed E-state index contributed by atoms with van der Waals surface area (Å²) in [5.41, 5.74) is 2.22. The lowest BCUT2D eigenvalue weighted by Crippen LogP contribution is -2.07. The third kappa shape index (κ3) is 3.95. The van der Waals surface area contributed by atoms with Crippen molar-refractivity contribution in [1.29, 1.82) is 0 Å². The number of hydrogen-bond donors (Lipinski definition) is 1. The van der Waals surface area contributed by atoms with Gasteiger partial charge in [-0.05, 0) is 19.1 Å². The molecule has 5 nitrogen and oxygen atoms in total. The number of para-hydroxylation sites is 1. The molecule has 0 amide bonds. The molecule has 0 atom stereocenters. The van der Waals surface area contributed by atoms with E-state index in [9.17, 15) is 4.79 Å². The maximum Gasteiger partial charge on any atom is 0.339 e. The molecule has 0 saturated carbocycles. The predicted octanol–water partition coefficient (Wildman–Crippen LogP) is 2.88. The van der Waals surface area contributed by atoms with Crippen LogP contribution in [0.3, 0.4) is 0 Å². The average Bonchev–Trinajstić information content (AvgIpc) is 2.53. The van der Waals surface area contributed by atoms with Crippen molar-refractivity contribution in [3.05, 3.63) is 53.9 Å². The van der Waals surface area contributed by atoms with E-state index in [0.717, 1.165) is 17.0 Å². The molecule has 0 saturated heterocycles. The third-order valence-electron chi connectivity index (χ3n) is 2.92. The van der Waals surface area contributed by atoms with Gasteiger partial charge in [-0.25, -0.2) is 4.79 Å². The van der Waals surface area contributed by atoms with Gasteiger partial charge in [0.15, 0.2) is 0 Å². The summed E-state index contributed by atoms with van der Waals surface area (Å²) in [5.74, 6) is 0.449. The Hall–Kier alpha value is -2.56. The number of aromatic nitrogens is 1. The van der Waals surface area contributed by atoms with Gasteiger partial charge < -0.3 is 14.8 Å². The Bertz CT molecular complexity index is 614. The number of benzene rings is 1. The fourth-order valence-electron chi connectivity index (χ4n) is 1.91. The molecule has 5 heteroatoms. The van der Waals surface area contributed by atoms with Crippen molar-refractivity contribution in [2.45, 2.75) is 13.5 Å². The molecule has 1 N–H and O–H groups in total. The molecule has 0 aliphatic carbocycles. The Morgan fingerprint density at radius 1 is 1.29 bits per heavy atom. The number of ether oxygens (including phenoxy) is 2. The SMILES string of the molecule is CCOC(=O)c1cncc(NCc2ccccc2OC)c1. The summed E-state index contributed by atoms with van der Waals surface area (Å²) in [7, 11) is 1.64. The fourth-order valence-corrected chi connectivity index (χ4v) is 1.91. The van der Waals surface area contributed by atoms with Crippen LogP contribution in [0.25, 0.3) is 0 Å². The number of anilines is 1. The molecular formula is C16H18N2O3. The number of carbonyl (C=O) groups is 1. The highest BCUT2D eigenvalue weighted by Gasteiger charge is 2.08. The molecule has 0 aliphatic heterocycles. The summed E-state index contributed by atoms with van der Waals surface area (Å²) < 4.78 is 10.3. The van der Waals surface area contributed by atoms with E-state index in [2.05, 4.69) is 10.3 Å². The summed E-state index contributed by atoms with van der Waals surface area (Å²) in [6, 6.07) is 9.48. The molecule has 110 valence electrons. The van der Waals surface area contributed by atoms with Gasteiger partial charge in [0.2, 0.25) is 0 Å². The number of esters is 1. The summed E-state index contributed by atoms with van der Waals surface area (Å²) in [6.07, 6.45) is 3.16. The Morgan fingerprint density at radius 2 is 2.10 bits per heavy atom. The maximum absolute atomic E-state index is 11.7. The largest absolute Gasteiger partial charge is 0.496 e. The standard InChI is InChI=1S/C16H18N2O3/c1-3-21-16(19)13-8-14(11-17-9-13)18-10-12-6-4-5-7-15(12)20-2/h4-9,11,18H,3,10H2,1-2H3. The quantitative estimate of drug-likeness (QED) is 0.827. The molecular weight excluding hydrogens is 268 g/mol. The first kappa shape index (κ1) is 14.8. The van der Waals surface area contributed by atoms with E-state index in [0.29, 0.717) is 18.7 Å². The van der Waals surface area contributed by atoms with Crippen molar-refractivity contribution in [1.82, 2.24) is 4.98 Å². The van der Waals surface area contributed by atoms with Crippen LogP contribution in [0.5, 0.6) is 5.75 Å². The molecule has 0 radical (unpaired) electrons. The monoisotopic (exact) mass is 286 g/mol. The lowest BCUT2D eigenvalue weighted by molar-refractivity contribution is 0.0526. The van der Waals surface area contributed by atoms with Crippen LogP contribution >= 0.6 is 0 Å². The fraction of sp³-hybridized carbons (Fsp3) is 0.250. The highest BCUT2D eigenvalue weighted by Crippen LogP contribution is 2.19. The lowest BCUT2D eigenvalue weighted by Gasteiger charge is -2.10. The van der Waals surface area contributed by atoms with Crippen molar-refractivity contribution in [2.24, 2.45) is 0 Å². The molecule has 2 aromatic rings. The normalized spacial score (nSPS) is 10.0. The van der Waals surface area contributed by atoms with Crippen molar-refractivity contribution in [2.75, 3.05) is 19.0 Å². The number of nitrogens with zero attached hydrogens (tertiary/aromatic N) is 1. The number of pyridine rings is 1. The Balaban J connectivity index is 2.06. The minimum absolute atomic E-state index is 0.345. The van der Waals surface area contributed by atoms with Crippen molar-refractivity contribution < 1.29 is 14.3 Å². The van der Waals surface area contributed by atoms with Crippen LogP contribution in [-0.2, 0) is 11.3 Å². The Kier molecular flexibility index (Phi) is 5.15. The summed E-state index contributed by atoms with van der Waals surface area (Å²) in [5, 5.41) is 3.22. The van der Waals surface area contributed by atoms with Crippen LogP contribution in [-0.4, -0.2) is 24.7 Å². The van der Waals surface area contributed by atoms with Gasteiger partial charge >= 0.3 is 5.97 Å². The summed E-state index contributed by atoms with van der Waals surface area (Å²) in [4.78, 5) is 15.7. The molecule has 0 bridgehead atoms. The van der Waals surface area contributed by atoms with Crippen molar-refractivity contribution >= 4 is 11.7 Å². The first-order valence-corrected chi connectivity index (χ1v) is 6.72. The summed E-state index contributed by atoms with van der Waals surface area (Å²) in [6.45, 7) is 2.70. The Labute approximate surface area is 123 Å². The second kappa shape index (κ2) is 7.28. The average molecular weight is 286 g/mol. The Morgan fingerprint density at radius 3 is 2.86 bits per heavy atom. The first-order chi connectivity index (χ1) is 10.2. The number of rotatable bonds is 6. The smallest absolute Gasteiger partial charge is 0.339 e. The van der Waals surface area contributed by atoms with Crippen LogP contribution in [0.1, 0.15) is 22.8 Å². The van der Waals surface area contributed by atoms with Gasteiger partial charge in [-0.1, -0.05) is 18.2 Å². The predicted molar refractivity (Wildman–Crippen MR) is 80.5 cm³/mol. The highest BCUT2D eigenvalue weighted by molar-refractivity contribution is 5.90. The van der Waals surface area contributed by atoms with E-state index in [1.807, 2.05) is 24.3 Å². The highest BCUT2D eigenvalue weighted by atomic mass is 16.5. The van der Waals surface area contributed by atoms with E-state index in [4.69, 9.17) is 9.47 Å². The van der Waals surface area contributed by atoms with Gasteiger partial charge in [-0.2, -0.15) is 0 Å². The van der Waals surface area contributed by atoms with Crippen LogP contribution in [0.2, 0.25) is 0 Å². The van der Waals surface area contributed by atoms with Gasteiger partial charge in [0, 0.05) is 24.5 Å². The van der Waals surface area contributed by atoms with E-state index in [1.165, 1.54) is 6.20 Å². The molecule has 1 aromatic carbocycles. The molecule has 1 aromatic heterocycles. The number of hydrogen-bond acceptors (Lipinski definition) is 5. The van der Waals surface area contributed by atoms with E-state index in [1.54, 1.807) is 26.3 Å². The van der Waals surface area contributed by atoms with E-state index in [-0.39, 0.29) is 5.97 Å². The second-order valence-electron chi connectivity index (χ2n) is 4.35. The zero-order valence-electron chi connectivity index (χ0n) is 12.1. The maximum atomic E-state index is 11.7. The van der Waals surface area contributed by atoms with Gasteiger partial charge in [-0.15, -0.1) is 0 Å². The molecule has 0 aliphatic rings. The minimum Gasteiger partial charge on any atom is -0.496 e. The zero-order chi connectivity index (χ0) is 15.1. The molecule has 0 spiro atoms. The van der Waals surface area contributed by atoms with Gasteiger partial charge in [0.1, 0.15) is 5.75 Å². The van der Waals surface area contributed by atoms with Crippen molar-refractivity contribution in [3.8, 4) is 5.75 Å². The van der Waals surface area contributed by atoms with Gasteiger partial charge in [0.05, 0.1) is 25.0 Å². The van der Waals surface area contributed by atoms with E-state index >= 15 is 0 Å². The summed E-state index contributed by atoms with van der Waals surface area (Å²) >= 11 is 0. The van der Waals surface area contributed by atoms with E-state index < -0.39 is 0 Å². The van der Waals surface area contributed by atoms with Gasteiger partial charge in [0.25, 0.3) is 0 Å². The molecule has 2 rings (SSSR count). The number of carbonyl (C=O) groups excluding carboxylic acids is 1. The second-order valence-corrected chi connectivity index (χ2v) is 4.35. The van der Waals surface area contributed by atoms with Crippen LogP contribution in [0, 0.1) is 0 Å². The topological polar surface area (TPSA) is 60.5 Å². The van der Waals surface area contributed by atoms with Gasteiger partial charge in [-0.3, -0.25) is 4.98 Å². The molecule has 1 heterocycles. The third-order valence-corrected chi connectivity index (χ3v) is 2.92. The first-order valence-electron chi connectivity index (χ1n) is 6.72. The molecule has 0 unspecified atom stereocenters. The number of nitrogens with one attached hydrogen (secondary N) is 1. The lowest BCUT2D eigenvalue weighted by atomic mass is 10.2. The molecule has 21 heavy (non-hydrogen) atoms. The number of methoxy groups -OCH3 is 1. The van der Waals surface area contributed by atoms with Crippen LogP contribution in [0.4, 0.5) is 5.69 Å².